The van der Waals surface area contributed by atoms with Gasteiger partial charge in [-0.25, -0.2) is 0 Å². The average molecular weight is 207 g/mol. The Morgan fingerprint density at radius 1 is 1.71 bits per heavy atom. The second-order valence-electron chi connectivity index (χ2n) is 1.46. The summed E-state index contributed by atoms with van der Waals surface area (Å²) in [4.78, 5) is 0. The van der Waals surface area contributed by atoms with E-state index in [9.17, 15) is 0 Å². The van der Waals surface area contributed by atoms with Crippen LogP contribution in [0.3, 0.4) is 0 Å². The van der Waals surface area contributed by atoms with Crippen LogP contribution in [0.2, 0.25) is 4.44 Å². The third-order valence-electron chi connectivity index (χ3n) is 1.07. The van der Waals surface area contributed by atoms with Crippen molar-refractivity contribution in [2.24, 2.45) is 0 Å². The molecule has 0 heterocycles. The molecule has 0 aliphatic heterocycles. The van der Waals surface area contributed by atoms with Crippen molar-refractivity contribution >= 4 is 23.3 Å². The molecule has 0 aromatic heterocycles. The fourth-order valence-electron chi connectivity index (χ4n) is 0.407. The zero-order valence-electron chi connectivity index (χ0n) is 4.94. The Bertz CT molecular complexity index is 62.5. The van der Waals surface area contributed by atoms with Crippen LogP contribution in [0.15, 0.2) is 0 Å². The molecule has 0 rings (SSSR count). The molecule has 0 radical (unpaired) electrons. The third kappa shape index (κ3) is 3.23. The summed E-state index contributed by atoms with van der Waals surface area (Å²) in [5, 5.41) is 8.58. The molecule has 0 atom stereocenters. The second-order valence-corrected chi connectivity index (χ2v) is 9.78. The Hall–Kier alpha value is 0.629. The Balaban J connectivity index is 3.38. The molecular formula is C5H12OSn. The molecule has 0 saturated heterocycles. The number of aliphatic hydroxyl groups excluding tert-OH is 1. The summed E-state index contributed by atoms with van der Waals surface area (Å²) >= 11 is -1.22. The van der Waals surface area contributed by atoms with Crippen molar-refractivity contribution in [2.45, 2.75) is 18.3 Å². The second kappa shape index (κ2) is 4.78. The van der Waals surface area contributed by atoms with E-state index in [1.165, 1.54) is 4.44 Å². The first kappa shape index (κ1) is 7.63. The Morgan fingerprint density at radius 3 is 2.29 bits per heavy atom. The molecule has 0 amide bonds. The van der Waals surface area contributed by atoms with Gasteiger partial charge in [-0.3, -0.25) is 0 Å². The molecule has 0 bridgehead atoms. The molecule has 2 heteroatoms. The van der Waals surface area contributed by atoms with Crippen LogP contribution < -0.4 is 0 Å². The summed E-state index contributed by atoms with van der Waals surface area (Å²) in [6, 6.07) is 0. The van der Waals surface area contributed by atoms with E-state index < -0.39 is 19.3 Å². The van der Waals surface area contributed by atoms with Gasteiger partial charge in [-0.05, 0) is 0 Å². The number of hydrogen-bond acceptors (Lipinski definition) is 1. The fourth-order valence-corrected chi connectivity index (χ4v) is 2.73. The molecular weight excluding hydrogens is 195 g/mol. The average Bonchev–Trinajstić information content (AvgIpc) is 1.72. The number of hydrogen-bond donors (Lipinski definition) is 1. The quantitative estimate of drug-likeness (QED) is 0.651. The van der Waals surface area contributed by atoms with Gasteiger partial charge in [-0.1, -0.05) is 0 Å². The van der Waals surface area contributed by atoms with Crippen LogP contribution in [0.4, 0.5) is 0 Å². The van der Waals surface area contributed by atoms with E-state index >= 15 is 0 Å². The van der Waals surface area contributed by atoms with E-state index in [0.717, 1.165) is 0 Å². The van der Waals surface area contributed by atoms with Gasteiger partial charge in [-0.15, -0.1) is 0 Å². The molecule has 0 aromatic rings. The summed E-state index contributed by atoms with van der Waals surface area (Å²) < 4.78 is 3.96. The Morgan fingerprint density at radius 2 is 2.29 bits per heavy atom. The van der Waals surface area contributed by atoms with Gasteiger partial charge in [0.05, 0.1) is 0 Å². The van der Waals surface area contributed by atoms with Crippen molar-refractivity contribution in [3.63, 3.8) is 0 Å². The van der Waals surface area contributed by atoms with Crippen molar-refractivity contribution in [3.8, 4) is 0 Å². The molecule has 0 saturated carbocycles. The molecule has 1 nitrogen and oxygen atoms in total. The van der Waals surface area contributed by atoms with Crippen molar-refractivity contribution in [1.29, 1.82) is 0 Å². The first-order valence-electron chi connectivity index (χ1n) is 2.60. The van der Waals surface area contributed by atoms with Gasteiger partial charge in [0, 0.05) is 0 Å². The first-order chi connectivity index (χ1) is 3.35. The van der Waals surface area contributed by atoms with Gasteiger partial charge in [0.1, 0.15) is 0 Å². The van der Waals surface area contributed by atoms with Gasteiger partial charge < -0.3 is 0 Å². The molecule has 0 aromatic carbocycles. The molecule has 42 valence electrons. The maximum atomic E-state index is 8.58. The molecule has 0 unspecified atom stereocenters. The van der Waals surface area contributed by atoms with Gasteiger partial charge in [0.25, 0.3) is 0 Å². The Kier molecular flexibility index (Phi) is 5.21. The minimum atomic E-state index is -1.22. The van der Waals surface area contributed by atoms with E-state index in [0.29, 0.717) is 4.62 Å². The van der Waals surface area contributed by atoms with Crippen LogP contribution >= 0.6 is 0 Å². The van der Waals surface area contributed by atoms with Crippen LogP contribution in [-0.2, 0) is 0 Å². The summed E-state index contributed by atoms with van der Waals surface area (Å²) in [6.07, 6.45) is 0. The Labute approximate surface area is 51.6 Å². The predicted octanol–water partition coefficient (Wildman–Crippen LogP) is 0.436. The molecule has 0 aliphatic rings. The number of aliphatic hydroxyl groups is 1. The van der Waals surface area contributed by atoms with Crippen LogP contribution in [-0.4, -0.2) is 33.0 Å². The topological polar surface area (TPSA) is 20.2 Å². The molecule has 0 spiro atoms. The molecule has 7 heavy (non-hydrogen) atoms. The first-order valence-corrected chi connectivity index (χ1v) is 8.28. The molecule has 1 N–H and O–H groups in total. The van der Waals surface area contributed by atoms with Gasteiger partial charge in [-0.2, -0.15) is 0 Å². The van der Waals surface area contributed by atoms with E-state index in [1.807, 2.05) is 0 Å². The van der Waals surface area contributed by atoms with Crippen molar-refractivity contribution in [3.05, 3.63) is 0 Å². The van der Waals surface area contributed by atoms with Gasteiger partial charge in [0.2, 0.25) is 0 Å². The third-order valence-corrected chi connectivity index (χ3v) is 7.15. The van der Waals surface area contributed by atoms with E-state index in [-0.39, 0.29) is 0 Å². The van der Waals surface area contributed by atoms with Crippen LogP contribution in [0.25, 0.3) is 0 Å². The SMILES string of the molecule is C[CH]=[Sn]([CH2]C)[CH2]O. The fraction of sp³-hybridized carbons (Fsp3) is 0.800. The predicted molar refractivity (Wildman–Crippen MR) is 35.1 cm³/mol. The zero-order chi connectivity index (χ0) is 5.70. The minimum absolute atomic E-state index is 0.495. The van der Waals surface area contributed by atoms with Gasteiger partial charge >= 0.3 is 51.3 Å². The van der Waals surface area contributed by atoms with Gasteiger partial charge in [0.15, 0.2) is 0 Å². The maximum absolute atomic E-state index is 8.58. The van der Waals surface area contributed by atoms with Crippen LogP contribution in [0.1, 0.15) is 13.8 Å². The summed E-state index contributed by atoms with van der Waals surface area (Å²) in [6.45, 7) is 4.22. The molecule has 0 aliphatic carbocycles. The standard InChI is InChI=1S/C2H5.C2H4.CH3O.Sn/c3*1-2;/h1H2,2H3;1H,2H3;2H,1H2;. The summed E-state index contributed by atoms with van der Waals surface area (Å²) in [7, 11) is 0. The van der Waals surface area contributed by atoms with E-state index in [1.54, 1.807) is 0 Å². The zero-order valence-corrected chi connectivity index (χ0v) is 7.79. The van der Waals surface area contributed by atoms with Crippen molar-refractivity contribution in [1.82, 2.24) is 0 Å². The van der Waals surface area contributed by atoms with Crippen LogP contribution in [0, 0.1) is 0 Å². The molecule has 0 fully saturated rings. The van der Waals surface area contributed by atoms with Crippen molar-refractivity contribution in [2.75, 3.05) is 4.62 Å². The van der Waals surface area contributed by atoms with Crippen molar-refractivity contribution < 1.29 is 5.11 Å². The van der Waals surface area contributed by atoms with E-state index in [4.69, 9.17) is 5.11 Å². The summed E-state index contributed by atoms with van der Waals surface area (Å²) in [5.41, 5.74) is 0. The van der Waals surface area contributed by atoms with Crippen LogP contribution in [0.5, 0.6) is 0 Å². The summed E-state index contributed by atoms with van der Waals surface area (Å²) in [5.74, 6) is 0. The normalized spacial score (nSPS) is 12.1. The number of rotatable bonds is 2. The monoisotopic (exact) mass is 208 g/mol. The van der Waals surface area contributed by atoms with E-state index in [2.05, 4.69) is 17.9 Å².